The number of carbonyl (C=O) groups excluding carboxylic acids is 1. The number of urea groups is 1. The number of carboxylic acid groups (broad SMARTS) is 2. The Kier molecular flexibility index (Phi) is 5.35. The van der Waals surface area contributed by atoms with Crippen LogP contribution in [-0.4, -0.2) is 52.2 Å². The summed E-state index contributed by atoms with van der Waals surface area (Å²) >= 11 is 0. The van der Waals surface area contributed by atoms with Crippen LogP contribution in [-0.2, 0) is 9.59 Å². The third kappa shape index (κ3) is 4.40. The summed E-state index contributed by atoms with van der Waals surface area (Å²) in [5.41, 5.74) is 0.226. The molecular weight excluding hydrogens is 264 g/mol. The van der Waals surface area contributed by atoms with Gasteiger partial charge in [0.25, 0.3) is 0 Å². The van der Waals surface area contributed by atoms with Gasteiger partial charge in [-0.1, -0.05) is 20.3 Å². The zero-order valence-corrected chi connectivity index (χ0v) is 11.9. The number of carbonyl (C=O) groups is 3. The Bertz CT molecular complexity index is 388. The van der Waals surface area contributed by atoms with Gasteiger partial charge >= 0.3 is 18.0 Å². The molecule has 0 spiro atoms. The van der Waals surface area contributed by atoms with Crippen molar-refractivity contribution in [3.63, 3.8) is 0 Å². The van der Waals surface area contributed by atoms with Gasteiger partial charge in [-0.3, -0.25) is 4.79 Å². The van der Waals surface area contributed by atoms with E-state index in [9.17, 15) is 14.4 Å². The summed E-state index contributed by atoms with van der Waals surface area (Å²) < 4.78 is 0. The molecule has 0 aromatic carbocycles. The number of nitrogens with zero attached hydrogens (tertiary/aromatic N) is 1. The minimum absolute atomic E-state index is 0.226. The second-order valence-electron chi connectivity index (χ2n) is 5.59. The van der Waals surface area contributed by atoms with Crippen molar-refractivity contribution in [2.75, 3.05) is 13.1 Å². The normalized spacial score (nSPS) is 19.2. The van der Waals surface area contributed by atoms with Gasteiger partial charge in [0.1, 0.15) is 6.04 Å². The largest absolute Gasteiger partial charge is 0.481 e. The molecule has 114 valence electrons. The number of amides is 2. The van der Waals surface area contributed by atoms with Crippen molar-refractivity contribution in [1.29, 1.82) is 0 Å². The summed E-state index contributed by atoms with van der Waals surface area (Å²) in [6.07, 6.45) is 2.15. The molecule has 1 aliphatic rings. The Balaban J connectivity index is 2.54. The van der Waals surface area contributed by atoms with E-state index in [1.807, 2.05) is 0 Å². The van der Waals surface area contributed by atoms with Gasteiger partial charge in [0, 0.05) is 13.1 Å². The summed E-state index contributed by atoms with van der Waals surface area (Å²) in [6.45, 7) is 5.42. The first-order valence-electron chi connectivity index (χ1n) is 6.77. The highest BCUT2D eigenvalue weighted by Gasteiger charge is 2.32. The lowest BCUT2D eigenvalue weighted by atomic mass is 9.78. The minimum Gasteiger partial charge on any atom is -0.481 e. The molecule has 0 aromatic heterocycles. The number of nitrogens with one attached hydrogen (secondary N) is 1. The van der Waals surface area contributed by atoms with Gasteiger partial charge in [0.05, 0.1) is 6.42 Å². The molecule has 1 heterocycles. The van der Waals surface area contributed by atoms with Crippen molar-refractivity contribution in [2.45, 2.75) is 45.6 Å². The molecule has 1 rings (SSSR count). The van der Waals surface area contributed by atoms with Crippen LogP contribution in [0.15, 0.2) is 0 Å². The molecule has 1 aliphatic heterocycles. The number of hydrogen-bond acceptors (Lipinski definition) is 3. The maximum absolute atomic E-state index is 12.0. The highest BCUT2D eigenvalue weighted by Crippen LogP contribution is 2.33. The van der Waals surface area contributed by atoms with Crippen LogP contribution >= 0.6 is 0 Å². The lowest BCUT2D eigenvalue weighted by Gasteiger charge is -2.39. The maximum Gasteiger partial charge on any atom is 0.326 e. The summed E-state index contributed by atoms with van der Waals surface area (Å²) in [5, 5.41) is 19.8. The lowest BCUT2D eigenvalue weighted by molar-refractivity contribution is -0.145. The molecule has 0 radical (unpaired) electrons. The van der Waals surface area contributed by atoms with Crippen LogP contribution in [0.5, 0.6) is 0 Å². The summed E-state index contributed by atoms with van der Waals surface area (Å²) in [7, 11) is 0. The van der Waals surface area contributed by atoms with E-state index >= 15 is 0 Å². The van der Waals surface area contributed by atoms with Crippen molar-refractivity contribution in [3.05, 3.63) is 0 Å². The Labute approximate surface area is 117 Å². The van der Waals surface area contributed by atoms with Crippen LogP contribution in [0.25, 0.3) is 0 Å². The first-order valence-corrected chi connectivity index (χ1v) is 6.77. The lowest BCUT2D eigenvalue weighted by Crippen LogP contribution is -2.51. The average Bonchev–Trinajstić information content (AvgIpc) is 2.38. The van der Waals surface area contributed by atoms with Crippen LogP contribution < -0.4 is 5.32 Å². The molecule has 2 amide bonds. The van der Waals surface area contributed by atoms with E-state index in [4.69, 9.17) is 10.2 Å². The topological polar surface area (TPSA) is 107 Å². The molecule has 3 N–H and O–H groups in total. The quantitative estimate of drug-likeness (QED) is 0.702. The Morgan fingerprint density at radius 1 is 1.25 bits per heavy atom. The van der Waals surface area contributed by atoms with E-state index in [1.54, 1.807) is 4.90 Å². The molecule has 0 aromatic rings. The zero-order chi connectivity index (χ0) is 15.3. The predicted octanol–water partition coefficient (Wildman–Crippen LogP) is 1.14. The highest BCUT2D eigenvalue weighted by molar-refractivity contribution is 5.86. The van der Waals surface area contributed by atoms with E-state index in [0.29, 0.717) is 13.1 Å². The van der Waals surface area contributed by atoms with Gasteiger partial charge in [-0.2, -0.15) is 0 Å². The molecule has 1 unspecified atom stereocenters. The van der Waals surface area contributed by atoms with Gasteiger partial charge in [-0.15, -0.1) is 0 Å². The van der Waals surface area contributed by atoms with Crippen LogP contribution in [0, 0.1) is 5.41 Å². The van der Waals surface area contributed by atoms with E-state index in [1.165, 1.54) is 0 Å². The SMILES string of the molecule is CCC1(C)CCN(C(=O)NC(CC(=O)O)C(=O)O)CC1. The van der Waals surface area contributed by atoms with Crippen LogP contribution in [0.3, 0.4) is 0 Å². The molecule has 1 fully saturated rings. The number of hydrogen-bond donors (Lipinski definition) is 3. The first-order chi connectivity index (χ1) is 9.27. The van der Waals surface area contributed by atoms with Gasteiger partial charge in [0.15, 0.2) is 0 Å². The fourth-order valence-corrected chi connectivity index (χ4v) is 2.22. The van der Waals surface area contributed by atoms with Crippen LogP contribution in [0.1, 0.15) is 39.5 Å². The summed E-state index contributed by atoms with van der Waals surface area (Å²) in [5.74, 6) is -2.59. The second-order valence-corrected chi connectivity index (χ2v) is 5.59. The van der Waals surface area contributed by atoms with Crippen molar-refractivity contribution in [2.24, 2.45) is 5.41 Å². The zero-order valence-electron chi connectivity index (χ0n) is 11.9. The molecular formula is C13H22N2O5. The van der Waals surface area contributed by atoms with Gasteiger partial charge in [-0.05, 0) is 18.3 Å². The fourth-order valence-electron chi connectivity index (χ4n) is 2.22. The van der Waals surface area contributed by atoms with Crippen molar-refractivity contribution in [3.8, 4) is 0 Å². The average molecular weight is 286 g/mol. The third-order valence-corrected chi connectivity index (χ3v) is 4.09. The number of likely N-dealkylation sites (tertiary alicyclic amines) is 1. The second kappa shape index (κ2) is 6.58. The monoisotopic (exact) mass is 286 g/mol. The minimum atomic E-state index is -1.39. The van der Waals surface area contributed by atoms with Crippen LogP contribution in [0.2, 0.25) is 0 Å². The first kappa shape index (κ1) is 16.3. The molecule has 0 saturated carbocycles. The third-order valence-electron chi connectivity index (χ3n) is 4.09. The van der Waals surface area contributed by atoms with E-state index in [0.717, 1.165) is 19.3 Å². The molecule has 1 saturated heterocycles. The number of rotatable bonds is 5. The van der Waals surface area contributed by atoms with E-state index in [2.05, 4.69) is 19.2 Å². The molecule has 1 atom stereocenters. The van der Waals surface area contributed by atoms with Crippen molar-refractivity contribution >= 4 is 18.0 Å². The Morgan fingerprint density at radius 3 is 2.20 bits per heavy atom. The fraction of sp³-hybridized carbons (Fsp3) is 0.769. The van der Waals surface area contributed by atoms with Gasteiger partial charge in [0.2, 0.25) is 0 Å². The summed E-state index contributed by atoms with van der Waals surface area (Å²) in [4.78, 5) is 35.0. The Morgan fingerprint density at radius 2 is 1.80 bits per heavy atom. The summed E-state index contributed by atoms with van der Waals surface area (Å²) in [6, 6.07) is -1.89. The molecule has 7 heteroatoms. The Hall–Kier alpha value is -1.79. The van der Waals surface area contributed by atoms with Gasteiger partial charge < -0.3 is 20.4 Å². The van der Waals surface area contributed by atoms with E-state index in [-0.39, 0.29) is 5.41 Å². The molecule has 7 nitrogen and oxygen atoms in total. The highest BCUT2D eigenvalue weighted by atomic mass is 16.4. The molecule has 0 bridgehead atoms. The van der Waals surface area contributed by atoms with E-state index < -0.39 is 30.4 Å². The van der Waals surface area contributed by atoms with Crippen molar-refractivity contribution < 1.29 is 24.6 Å². The molecule has 0 aliphatic carbocycles. The molecule has 20 heavy (non-hydrogen) atoms. The smallest absolute Gasteiger partial charge is 0.326 e. The number of carboxylic acids is 2. The van der Waals surface area contributed by atoms with Gasteiger partial charge in [-0.25, -0.2) is 9.59 Å². The number of aliphatic carboxylic acids is 2. The van der Waals surface area contributed by atoms with Crippen LogP contribution in [0.4, 0.5) is 4.79 Å². The standard InChI is InChI=1S/C13H22N2O5/c1-3-13(2)4-6-15(7-5-13)12(20)14-9(11(18)19)8-10(16)17/h9H,3-8H2,1-2H3,(H,14,20)(H,16,17)(H,18,19). The number of piperidine rings is 1. The maximum atomic E-state index is 12.0. The predicted molar refractivity (Wildman–Crippen MR) is 71.4 cm³/mol. The van der Waals surface area contributed by atoms with Crippen molar-refractivity contribution in [1.82, 2.24) is 10.2 Å².